The maximum absolute atomic E-state index is 13.2. The Hall–Kier alpha value is -4.14. The van der Waals surface area contributed by atoms with Crippen LogP contribution in [0.2, 0.25) is 0 Å². The van der Waals surface area contributed by atoms with Crippen LogP contribution in [0.15, 0.2) is 118 Å². The van der Waals surface area contributed by atoms with Crippen LogP contribution in [0.25, 0.3) is 6.08 Å². The number of hydrogen-bond donors (Lipinski definition) is 3. The molecule has 0 bridgehead atoms. The van der Waals surface area contributed by atoms with Gasteiger partial charge in [-0.3, -0.25) is 14.4 Å². The fraction of sp³-hybridized carbons (Fsp3) is 0.0645. The maximum Gasteiger partial charge on any atom is 0.272 e. The molecule has 0 radical (unpaired) electrons. The standard InChI is InChI=1S/C31H26BrN3O3S/c1-21-7-9-22(10-8-21)19-28(35-30(37)23-5-3-2-4-6-23)31(38)34-26-15-17-27(18-16-26)39-20-29(36)33-25-13-11-24(32)12-14-25/h2-19H,20H2,1H3,(H,33,36)(H,34,38)(H,35,37)/b28-19-. The van der Waals surface area contributed by atoms with Gasteiger partial charge in [-0.05, 0) is 79.2 Å². The molecule has 0 saturated carbocycles. The van der Waals surface area contributed by atoms with Gasteiger partial charge < -0.3 is 16.0 Å². The quantitative estimate of drug-likeness (QED) is 0.144. The first-order chi connectivity index (χ1) is 18.9. The first kappa shape index (κ1) is 27.9. The molecule has 0 unspecified atom stereocenters. The van der Waals surface area contributed by atoms with E-state index >= 15 is 0 Å². The summed E-state index contributed by atoms with van der Waals surface area (Å²) in [5, 5.41) is 8.45. The number of carbonyl (C=O) groups excluding carboxylic acids is 3. The van der Waals surface area contributed by atoms with E-state index in [0.717, 1.165) is 26.2 Å². The Kier molecular flexibility index (Phi) is 9.72. The molecule has 8 heteroatoms. The van der Waals surface area contributed by atoms with E-state index in [1.54, 1.807) is 42.5 Å². The van der Waals surface area contributed by atoms with Crippen molar-refractivity contribution in [3.05, 3.63) is 130 Å². The summed E-state index contributed by atoms with van der Waals surface area (Å²) in [5.74, 6) is -0.692. The molecule has 4 rings (SSSR count). The van der Waals surface area contributed by atoms with Gasteiger partial charge >= 0.3 is 0 Å². The Balaban J connectivity index is 1.39. The second kappa shape index (κ2) is 13.6. The fourth-order valence-corrected chi connectivity index (χ4v) is 4.45. The van der Waals surface area contributed by atoms with E-state index in [1.165, 1.54) is 11.8 Å². The highest BCUT2D eigenvalue weighted by atomic mass is 79.9. The molecule has 6 nitrogen and oxygen atoms in total. The molecule has 3 N–H and O–H groups in total. The van der Waals surface area contributed by atoms with Crippen LogP contribution in [0.1, 0.15) is 21.5 Å². The summed E-state index contributed by atoms with van der Waals surface area (Å²) in [6, 6.07) is 30.9. The van der Waals surface area contributed by atoms with Crippen molar-refractivity contribution in [2.24, 2.45) is 0 Å². The minimum atomic E-state index is -0.450. The number of anilines is 2. The van der Waals surface area contributed by atoms with Crippen molar-refractivity contribution in [2.75, 3.05) is 16.4 Å². The highest BCUT2D eigenvalue weighted by Gasteiger charge is 2.15. The largest absolute Gasteiger partial charge is 0.325 e. The number of carbonyl (C=O) groups is 3. The van der Waals surface area contributed by atoms with E-state index in [-0.39, 0.29) is 23.3 Å². The molecule has 196 valence electrons. The van der Waals surface area contributed by atoms with Gasteiger partial charge in [0.05, 0.1) is 5.75 Å². The van der Waals surface area contributed by atoms with Gasteiger partial charge in [0, 0.05) is 26.3 Å². The number of thioether (sulfide) groups is 1. The van der Waals surface area contributed by atoms with E-state index in [1.807, 2.05) is 73.7 Å². The van der Waals surface area contributed by atoms with E-state index in [0.29, 0.717) is 11.3 Å². The van der Waals surface area contributed by atoms with E-state index < -0.39 is 5.91 Å². The van der Waals surface area contributed by atoms with E-state index in [4.69, 9.17) is 0 Å². The molecule has 0 aromatic heterocycles. The topological polar surface area (TPSA) is 87.3 Å². The molecule has 39 heavy (non-hydrogen) atoms. The van der Waals surface area contributed by atoms with E-state index in [9.17, 15) is 14.4 Å². The van der Waals surface area contributed by atoms with Crippen LogP contribution in [0.3, 0.4) is 0 Å². The van der Waals surface area contributed by atoms with Gasteiger partial charge in [-0.15, -0.1) is 11.8 Å². The monoisotopic (exact) mass is 599 g/mol. The number of aryl methyl sites for hydroxylation is 1. The number of rotatable bonds is 9. The maximum atomic E-state index is 13.2. The molecule has 4 aromatic rings. The summed E-state index contributed by atoms with van der Waals surface area (Å²) in [6.07, 6.45) is 1.64. The predicted octanol–water partition coefficient (Wildman–Crippen LogP) is 6.90. The second-order valence-electron chi connectivity index (χ2n) is 8.61. The minimum absolute atomic E-state index is 0.111. The number of nitrogens with one attached hydrogen (secondary N) is 3. The molecule has 0 aliphatic carbocycles. The van der Waals surface area contributed by atoms with Crippen molar-refractivity contribution < 1.29 is 14.4 Å². The predicted molar refractivity (Wildman–Crippen MR) is 162 cm³/mol. The van der Waals surface area contributed by atoms with E-state index in [2.05, 4.69) is 31.9 Å². The molecule has 0 heterocycles. The highest BCUT2D eigenvalue weighted by molar-refractivity contribution is 9.10. The Morgan fingerprint density at radius 3 is 2.05 bits per heavy atom. The zero-order chi connectivity index (χ0) is 27.6. The zero-order valence-electron chi connectivity index (χ0n) is 21.1. The lowest BCUT2D eigenvalue weighted by molar-refractivity contribution is -0.114. The summed E-state index contributed by atoms with van der Waals surface area (Å²) in [6.45, 7) is 1.98. The third-order valence-corrected chi connectivity index (χ3v) is 7.07. The van der Waals surface area contributed by atoms with Crippen LogP contribution in [0.4, 0.5) is 11.4 Å². The molecule has 0 aliphatic rings. The van der Waals surface area contributed by atoms with Gasteiger partial charge in [0.15, 0.2) is 0 Å². The summed E-state index contributed by atoms with van der Waals surface area (Å²) < 4.78 is 0.943. The van der Waals surface area contributed by atoms with Crippen molar-refractivity contribution in [1.82, 2.24) is 5.32 Å². The Morgan fingerprint density at radius 2 is 1.38 bits per heavy atom. The van der Waals surface area contributed by atoms with Crippen LogP contribution in [0.5, 0.6) is 0 Å². The SMILES string of the molecule is Cc1ccc(/C=C(\NC(=O)c2ccccc2)C(=O)Nc2ccc(SCC(=O)Nc3ccc(Br)cc3)cc2)cc1. The molecular weight excluding hydrogens is 574 g/mol. The van der Waals surface area contributed by atoms with Crippen molar-refractivity contribution in [3.63, 3.8) is 0 Å². The minimum Gasteiger partial charge on any atom is -0.325 e. The summed E-state index contributed by atoms with van der Waals surface area (Å²) in [4.78, 5) is 39.1. The van der Waals surface area contributed by atoms with Crippen LogP contribution in [0, 0.1) is 6.92 Å². The first-order valence-corrected chi connectivity index (χ1v) is 13.9. The Labute approximate surface area is 240 Å². The summed E-state index contributed by atoms with van der Waals surface area (Å²) in [7, 11) is 0. The normalized spacial score (nSPS) is 11.0. The van der Waals surface area contributed by atoms with Crippen LogP contribution in [-0.2, 0) is 9.59 Å². The van der Waals surface area contributed by atoms with Crippen molar-refractivity contribution >= 4 is 62.9 Å². The fourth-order valence-electron chi connectivity index (χ4n) is 3.48. The molecule has 0 saturated heterocycles. The van der Waals surface area contributed by atoms with Gasteiger partial charge in [-0.1, -0.05) is 64.0 Å². The second-order valence-corrected chi connectivity index (χ2v) is 10.6. The first-order valence-electron chi connectivity index (χ1n) is 12.1. The molecule has 0 atom stereocenters. The summed E-state index contributed by atoms with van der Waals surface area (Å²) in [5.41, 5.74) is 3.74. The van der Waals surface area contributed by atoms with Gasteiger partial charge in [0.25, 0.3) is 11.8 Å². The number of benzene rings is 4. The average Bonchev–Trinajstić information content (AvgIpc) is 2.95. The molecule has 4 aromatic carbocycles. The molecule has 0 fully saturated rings. The molecule has 3 amide bonds. The number of hydrogen-bond acceptors (Lipinski definition) is 4. The van der Waals surface area contributed by atoms with Gasteiger partial charge in [-0.25, -0.2) is 0 Å². The highest BCUT2D eigenvalue weighted by Crippen LogP contribution is 2.22. The van der Waals surface area contributed by atoms with Crippen molar-refractivity contribution in [3.8, 4) is 0 Å². The van der Waals surface area contributed by atoms with Crippen LogP contribution < -0.4 is 16.0 Å². The Morgan fingerprint density at radius 1 is 0.769 bits per heavy atom. The third kappa shape index (κ3) is 8.70. The van der Waals surface area contributed by atoms with Crippen molar-refractivity contribution in [2.45, 2.75) is 11.8 Å². The lowest BCUT2D eigenvalue weighted by Crippen LogP contribution is -2.30. The van der Waals surface area contributed by atoms with Gasteiger partial charge in [-0.2, -0.15) is 0 Å². The number of halogens is 1. The smallest absolute Gasteiger partial charge is 0.272 e. The van der Waals surface area contributed by atoms with Crippen molar-refractivity contribution in [1.29, 1.82) is 0 Å². The summed E-state index contributed by atoms with van der Waals surface area (Å²) >= 11 is 4.77. The third-order valence-electron chi connectivity index (χ3n) is 5.53. The van der Waals surface area contributed by atoms with Crippen LogP contribution in [-0.4, -0.2) is 23.5 Å². The lowest BCUT2D eigenvalue weighted by Gasteiger charge is -2.12. The molecular formula is C31H26BrN3O3S. The molecule has 0 spiro atoms. The number of amides is 3. The van der Waals surface area contributed by atoms with Gasteiger partial charge in [0.2, 0.25) is 5.91 Å². The Bertz CT molecular complexity index is 1470. The molecule has 0 aliphatic heterocycles. The average molecular weight is 601 g/mol. The van der Waals surface area contributed by atoms with Crippen LogP contribution >= 0.6 is 27.7 Å². The lowest BCUT2D eigenvalue weighted by atomic mass is 10.1. The zero-order valence-corrected chi connectivity index (χ0v) is 23.5. The van der Waals surface area contributed by atoms with Gasteiger partial charge in [0.1, 0.15) is 5.70 Å².